The van der Waals surface area contributed by atoms with Gasteiger partial charge in [0.05, 0.1) is 24.8 Å². The van der Waals surface area contributed by atoms with Crippen LogP contribution in [-0.4, -0.2) is 40.6 Å². The predicted octanol–water partition coefficient (Wildman–Crippen LogP) is 4.58. The van der Waals surface area contributed by atoms with E-state index in [2.05, 4.69) is 4.98 Å². The Labute approximate surface area is 181 Å². The van der Waals surface area contributed by atoms with Crippen molar-refractivity contribution in [3.8, 4) is 11.4 Å². The quantitative estimate of drug-likeness (QED) is 0.550. The number of aromatic nitrogens is 2. The molecule has 0 atom stereocenters. The normalized spacial score (nSPS) is 15.5. The van der Waals surface area contributed by atoms with Crippen molar-refractivity contribution >= 4 is 12.0 Å². The average Bonchev–Trinajstić information content (AvgIpc) is 3.21. The number of piperidine rings is 1. The topological polar surface area (TPSA) is 47.4 Å². The van der Waals surface area contributed by atoms with Gasteiger partial charge in [-0.2, -0.15) is 0 Å². The third-order valence-corrected chi connectivity index (χ3v) is 5.58. The molecule has 5 nitrogen and oxygen atoms in total. The van der Waals surface area contributed by atoms with E-state index in [9.17, 15) is 9.18 Å². The van der Waals surface area contributed by atoms with E-state index in [4.69, 9.17) is 4.74 Å². The molecular formula is C25H26FN3O2. The number of halogens is 1. The maximum atomic E-state index is 13.9. The molecule has 1 aliphatic rings. The van der Waals surface area contributed by atoms with Crippen LogP contribution in [0.1, 0.15) is 29.7 Å². The van der Waals surface area contributed by atoms with Crippen LogP contribution in [0.5, 0.6) is 5.75 Å². The van der Waals surface area contributed by atoms with Crippen molar-refractivity contribution in [2.75, 3.05) is 20.2 Å². The molecule has 2 aromatic carbocycles. The van der Waals surface area contributed by atoms with Crippen LogP contribution in [0.2, 0.25) is 0 Å². The SMILES string of the molecule is COc1cc(/C=C2\CCCN(CCc3ccccc3F)C2=O)ccc1-n1cnc(C)c1. The van der Waals surface area contributed by atoms with Gasteiger partial charge in [0.2, 0.25) is 5.91 Å². The number of likely N-dealkylation sites (tertiary alicyclic amines) is 1. The van der Waals surface area contributed by atoms with Gasteiger partial charge >= 0.3 is 0 Å². The van der Waals surface area contributed by atoms with Gasteiger partial charge in [-0.25, -0.2) is 9.37 Å². The summed E-state index contributed by atoms with van der Waals surface area (Å²) in [6.45, 7) is 3.15. The summed E-state index contributed by atoms with van der Waals surface area (Å²) in [4.78, 5) is 19.1. The van der Waals surface area contributed by atoms with Gasteiger partial charge < -0.3 is 14.2 Å². The van der Waals surface area contributed by atoms with Crippen molar-refractivity contribution in [3.63, 3.8) is 0 Å². The molecule has 4 rings (SSSR count). The molecule has 2 heterocycles. The second-order valence-electron chi connectivity index (χ2n) is 7.76. The van der Waals surface area contributed by atoms with Gasteiger partial charge in [0.1, 0.15) is 11.6 Å². The first-order chi connectivity index (χ1) is 15.0. The summed E-state index contributed by atoms with van der Waals surface area (Å²) in [5.41, 5.74) is 4.15. The number of hydrogen-bond acceptors (Lipinski definition) is 3. The van der Waals surface area contributed by atoms with Crippen molar-refractivity contribution < 1.29 is 13.9 Å². The maximum Gasteiger partial charge on any atom is 0.249 e. The Balaban J connectivity index is 1.51. The minimum absolute atomic E-state index is 0.0240. The van der Waals surface area contributed by atoms with Crippen molar-refractivity contribution in [2.24, 2.45) is 0 Å². The minimum Gasteiger partial charge on any atom is -0.495 e. The Morgan fingerprint density at radius 1 is 1.23 bits per heavy atom. The number of ether oxygens (including phenoxy) is 1. The smallest absolute Gasteiger partial charge is 0.249 e. The molecule has 31 heavy (non-hydrogen) atoms. The molecule has 0 radical (unpaired) electrons. The molecular weight excluding hydrogens is 393 g/mol. The Hall–Kier alpha value is -3.41. The zero-order chi connectivity index (χ0) is 21.8. The summed E-state index contributed by atoms with van der Waals surface area (Å²) in [7, 11) is 1.63. The second-order valence-corrected chi connectivity index (χ2v) is 7.76. The van der Waals surface area contributed by atoms with Crippen LogP contribution in [0.3, 0.4) is 0 Å². The number of amides is 1. The van der Waals surface area contributed by atoms with E-state index in [1.807, 2.05) is 52.9 Å². The standard InChI is InChI=1S/C25H26FN3O2/c1-18-16-29(17-27-18)23-10-9-19(15-24(23)31-2)14-21-7-5-12-28(25(21)30)13-11-20-6-3-4-8-22(20)26/h3-4,6,8-10,14-17H,5,7,11-13H2,1-2H3/b21-14+. The molecule has 1 fully saturated rings. The highest BCUT2D eigenvalue weighted by Gasteiger charge is 2.23. The molecule has 1 saturated heterocycles. The van der Waals surface area contributed by atoms with E-state index in [1.54, 1.807) is 25.6 Å². The second kappa shape index (κ2) is 9.16. The lowest BCUT2D eigenvalue weighted by atomic mass is 10.00. The number of benzene rings is 2. The number of carbonyl (C=O) groups is 1. The van der Waals surface area contributed by atoms with Crippen molar-refractivity contribution in [1.29, 1.82) is 0 Å². The zero-order valence-electron chi connectivity index (χ0n) is 17.8. The highest BCUT2D eigenvalue weighted by atomic mass is 19.1. The third kappa shape index (κ3) is 4.68. The maximum absolute atomic E-state index is 13.9. The predicted molar refractivity (Wildman–Crippen MR) is 119 cm³/mol. The number of hydrogen-bond donors (Lipinski definition) is 0. The van der Waals surface area contributed by atoms with Gasteiger partial charge in [-0.3, -0.25) is 4.79 Å². The molecule has 6 heteroatoms. The number of nitrogens with zero attached hydrogens (tertiary/aromatic N) is 3. The molecule has 160 valence electrons. The fraction of sp³-hybridized carbons (Fsp3) is 0.280. The highest BCUT2D eigenvalue weighted by Crippen LogP contribution is 2.27. The fourth-order valence-electron chi connectivity index (χ4n) is 3.93. The van der Waals surface area contributed by atoms with Gasteiger partial charge in [-0.1, -0.05) is 24.3 Å². The molecule has 1 aromatic heterocycles. The first-order valence-corrected chi connectivity index (χ1v) is 10.5. The van der Waals surface area contributed by atoms with Crippen LogP contribution in [-0.2, 0) is 11.2 Å². The molecule has 1 amide bonds. The van der Waals surface area contributed by atoms with Gasteiger partial charge in [-0.05, 0) is 61.6 Å². The van der Waals surface area contributed by atoms with Crippen molar-refractivity contribution in [2.45, 2.75) is 26.2 Å². The van der Waals surface area contributed by atoms with Gasteiger partial charge in [0, 0.05) is 24.9 Å². The van der Waals surface area contributed by atoms with Gasteiger partial charge in [0.15, 0.2) is 0 Å². The molecule has 0 saturated carbocycles. The van der Waals surface area contributed by atoms with Crippen molar-refractivity contribution in [3.05, 3.63) is 83.2 Å². The summed E-state index contributed by atoms with van der Waals surface area (Å²) in [5.74, 6) is 0.519. The van der Waals surface area contributed by atoms with E-state index < -0.39 is 0 Å². The summed E-state index contributed by atoms with van der Waals surface area (Å²) >= 11 is 0. The Morgan fingerprint density at radius 2 is 2.06 bits per heavy atom. The molecule has 1 aliphatic heterocycles. The number of imidazole rings is 1. The molecule has 0 N–H and O–H groups in total. The third-order valence-electron chi connectivity index (χ3n) is 5.58. The van der Waals surface area contributed by atoms with Gasteiger partial charge in [-0.15, -0.1) is 0 Å². The number of methoxy groups -OCH3 is 1. The summed E-state index contributed by atoms with van der Waals surface area (Å²) < 4.78 is 21.4. The van der Waals surface area contributed by atoms with Crippen LogP contribution in [0.25, 0.3) is 11.8 Å². The van der Waals surface area contributed by atoms with E-state index in [1.165, 1.54) is 6.07 Å². The van der Waals surface area contributed by atoms with E-state index in [0.29, 0.717) is 30.8 Å². The Kier molecular flexibility index (Phi) is 6.16. The minimum atomic E-state index is -0.219. The summed E-state index contributed by atoms with van der Waals surface area (Å²) in [5, 5.41) is 0. The largest absolute Gasteiger partial charge is 0.495 e. The Morgan fingerprint density at radius 3 is 2.81 bits per heavy atom. The lowest BCUT2D eigenvalue weighted by Crippen LogP contribution is -2.38. The summed E-state index contributed by atoms with van der Waals surface area (Å²) in [6, 6.07) is 12.6. The first-order valence-electron chi connectivity index (χ1n) is 10.5. The first kappa shape index (κ1) is 20.8. The van der Waals surface area contributed by atoms with E-state index in [-0.39, 0.29) is 11.7 Å². The van der Waals surface area contributed by atoms with Crippen LogP contribution in [0, 0.1) is 12.7 Å². The van der Waals surface area contributed by atoms with Crippen LogP contribution >= 0.6 is 0 Å². The van der Waals surface area contributed by atoms with Crippen LogP contribution in [0.15, 0.2) is 60.6 Å². The molecule has 0 bridgehead atoms. The molecule has 3 aromatic rings. The lowest BCUT2D eigenvalue weighted by molar-refractivity contribution is -0.128. The van der Waals surface area contributed by atoms with Crippen LogP contribution < -0.4 is 4.74 Å². The number of rotatable bonds is 6. The average molecular weight is 420 g/mol. The zero-order valence-corrected chi connectivity index (χ0v) is 17.8. The van der Waals surface area contributed by atoms with Gasteiger partial charge in [0.25, 0.3) is 0 Å². The summed E-state index contributed by atoms with van der Waals surface area (Å²) in [6.07, 6.45) is 7.78. The van der Waals surface area contributed by atoms with E-state index >= 15 is 0 Å². The lowest BCUT2D eigenvalue weighted by Gasteiger charge is -2.28. The van der Waals surface area contributed by atoms with Crippen LogP contribution in [0.4, 0.5) is 4.39 Å². The molecule has 0 spiro atoms. The monoisotopic (exact) mass is 419 g/mol. The van der Waals surface area contributed by atoms with E-state index in [0.717, 1.165) is 35.4 Å². The molecule has 0 aliphatic carbocycles. The number of carbonyl (C=O) groups excluding carboxylic acids is 1. The molecule has 0 unspecified atom stereocenters. The Bertz CT molecular complexity index is 1120. The highest BCUT2D eigenvalue weighted by molar-refractivity contribution is 5.98. The fourth-order valence-corrected chi connectivity index (χ4v) is 3.93. The number of aryl methyl sites for hydroxylation is 1. The van der Waals surface area contributed by atoms with Crippen molar-refractivity contribution in [1.82, 2.24) is 14.5 Å².